The van der Waals surface area contributed by atoms with E-state index in [0.29, 0.717) is 0 Å². The molecule has 1 saturated heterocycles. The van der Waals surface area contributed by atoms with Gasteiger partial charge in [-0.3, -0.25) is 9.78 Å². The van der Waals surface area contributed by atoms with E-state index in [-0.39, 0.29) is 22.4 Å². The number of rotatable bonds is 4. The van der Waals surface area contributed by atoms with Gasteiger partial charge in [-0.15, -0.1) is 0 Å². The minimum atomic E-state index is -4.59. The SMILES string of the molecule is Fc1ccc([C@]2(Cn3[nH]cnc3=S)O[C@H]2c2ccccc2C(F)(F)F)cc1F. The summed E-state index contributed by atoms with van der Waals surface area (Å²) in [7, 11) is 0. The molecule has 28 heavy (non-hydrogen) atoms. The highest BCUT2D eigenvalue weighted by atomic mass is 32.1. The Morgan fingerprint density at radius 3 is 2.54 bits per heavy atom. The Kier molecular flexibility index (Phi) is 4.35. The van der Waals surface area contributed by atoms with Gasteiger partial charge in [-0.2, -0.15) is 13.2 Å². The molecule has 2 heterocycles. The van der Waals surface area contributed by atoms with Crippen molar-refractivity contribution in [2.75, 3.05) is 0 Å². The zero-order valence-corrected chi connectivity index (χ0v) is 14.8. The monoisotopic (exact) mass is 413 g/mol. The van der Waals surface area contributed by atoms with Crippen LogP contribution in [0.15, 0.2) is 48.8 Å². The number of alkyl halides is 3. The lowest BCUT2D eigenvalue weighted by Gasteiger charge is -2.16. The molecule has 2 aromatic carbocycles. The molecule has 0 amide bonds. The van der Waals surface area contributed by atoms with Gasteiger partial charge in [0.05, 0.1) is 12.1 Å². The van der Waals surface area contributed by atoms with E-state index in [1.165, 1.54) is 35.3 Å². The van der Waals surface area contributed by atoms with Crippen molar-refractivity contribution in [1.82, 2.24) is 14.8 Å². The average molecular weight is 413 g/mol. The molecular weight excluding hydrogens is 401 g/mol. The van der Waals surface area contributed by atoms with Crippen LogP contribution in [-0.4, -0.2) is 14.8 Å². The zero-order valence-electron chi connectivity index (χ0n) is 14.0. The van der Waals surface area contributed by atoms with Crippen LogP contribution in [0.3, 0.4) is 0 Å². The first-order chi connectivity index (χ1) is 13.2. The molecule has 146 valence electrons. The molecule has 0 radical (unpaired) electrons. The van der Waals surface area contributed by atoms with E-state index in [0.717, 1.165) is 18.2 Å². The number of aromatic nitrogens is 3. The van der Waals surface area contributed by atoms with Gasteiger partial charge in [-0.05, 0) is 41.5 Å². The van der Waals surface area contributed by atoms with Gasteiger partial charge in [0.15, 0.2) is 11.6 Å². The second-order valence-corrected chi connectivity index (χ2v) is 6.72. The fraction of sp³-hybridized carbons (Fsp3) is 0.222. The minimum absolute atomic E-state index is 0.0479. The third-order valence-electron chi connectivity index (χ3n) is 4.66. The first-order valence-corrected chi connectivity index (χ1v) is 8.53. The topological polar surface area (TPSA) is 46.1 Å². The number of hydrogen-bond acceptors (Lipinski definition) is 3. The highest BCUT2D eigenvalue weighted by Crippen LogP contribution is 2.59. The largest absolute Gasteiger partial charge is 0.416 e. The van der Waals surface area contributed by atoms with E-state index < -0.39 is 35.1 Å². The van der Waals surface area contributed by atoms with E-state index in [9.17, 15) is 22.0 Å². The van der Waals surface area contributed by atoms with Crippen LogP contribution >= 0.6 is 12.2 Å². The Hall–Kier alpha value is -2.59. The smallest absolute Gasteiger partial charge is 0.354 e. The number of H-pyrrole nitrogens is 1. The molecule has 3 aromatic rings. The first-order valence-electron chi connectivity index (χ1n) is 8.12. The van der Waals surface area contributed by atoms with Gasteiger partial charge in [0.2, 0.25) is 4.77 Å². The molecule has 10 heteroatoms. The van der Waals surface area contributed by atoms with Crippen LogP contribution in [0.25, 0.3) is 0 Å². The Morgan fingerprint density at radius 1 is 1.14 bits per heavy atom. The van der Waals surface area contributed by atoms with Gasteiger partial charge in [0.1, 0.15) is 18.0 Å². The minimum Gasteiger partial charge on any atom is -0.354 e. The summed E-state index contributed by atoms with van der Waals surface area (Å²) < 4.78 is 74.8. The zero-order chi connectivity index (χ0) is 20.1. The number of hydrogen-bond donors (Lipinski definition) is 1. The Bertz CT molecular complexity index is 1090. The quantitative estimate of drug-likeness (QED) is 0.376. The highest BCUT2D eigenvalue weighted by Gasteiger charge is 2.61. The molecule has 0 bridgehead atoms. The van der Waals surface area contributed by atoms with Gasteiger partial charge in [-0.25, -0.2) is 13.8 Å². The van der Waals surface area contributed by atoms with E-state index in [1.807, 2.05) is 0 Å². The molecular formula is C18H12F5N3OS. The van der Waals surface area contributed by atoms with Crippen molar-refractivity contribution in [2.45, 2.75) is 24.4 Å². The van der Waals surface area contributed by atoms with Crippen LogP contribution in [-0.2, 0) is 23.1 Å². The summed E-state index contributed by atoms with van der Waals surface area (Å²) in [6.07, 6.45) is -4.30. The number of halogens is 5. The van der Waals surface area contributed by atoms with Crippen molar-refractivity contribution in [2.24, 2.45) is 0 Å². The summed E-state index contributed by atoms with van der Waals surface area (Å²) in [5.41, 5.74) is -2.10. The normalized spacial score (nSPS) is 21.7. The van der Waals surface area contributed by atoms with Crippen molar-refractivity contribution < 1.29 is 26.7 Å². The summed E-state index contributed by atoms with van der Waals surface area (Å²) in [6, 6.07) is 8.12. The van der Waals surface area contributed by atoms with Crippen molar-refractivity contribution in [3.05, 3.63) is 81.9 Å². The molecule has 0 unspecified atom stereocenters. The number of ether oxygens (including phenoxy) is 1. The van der Waals surface area contributed by atoms with Crippen molar-refractivity contribution in [3.8, 4) is 0 Å². The molecule has 1 N–H and O–H groups in total. The van der Waals surface area contributed by atoms with Gasteiger partial charge in [0.25, 0.3) is 0 Å². The van der Waals surface area contributed by atoms with Crippen LogP contribution in [0.1, 0.15) is 22.8 Å². The summed E-state index contributed by atoms with van der Waals surface area (Å²) in [5.74, 6) is -2.19. The first kappa shape index (κ1) is 18.8. The predicted molar refractivity (Wildman–Crippen MR) is 90.7 cm³/mol. The van der Waals surface area contributed by atoms with E-state index in [4.69, 9.17) is 17.0 Å². The molecule has 4 nitrogen and oxygen atoms in total. The summed E-state index contributed by atoms with van der Waals surface area (Å²) in [4.78, 5) is 3.86. The lowest BCUT2D eigenvalue weighted by molar-refractivity contribution is -0.138. The number of nitrogens with one attached hydrogen (secondary N) is 1. The van der Waals surface area contributed by atoms with Crippen molar-refractivity contribution >= 4 is 12.2 Å². The van der Waals surface area contributed by atoms with Crippen molar-refractivity contribution in [3.63, 3.8) is 0 Å². The number of epoxide rings is 1. The Morgan fingerprint density at radius 2 is 1.89 bits per heavy atom. The molecule has 1 fully saturated rings. The Labute approximate surface area is 160 Å². The highest BCUT2D eigenvalue weighted by molar-refractivity contribution is 7.71. The van der Waals surface area contributed by atoms with Gasteiger partial charge in [0, 0.05) is 0 Å². The molecule has 1 aliphatic heterocycles. The molecule has 1 aromatic heterocycles. The van der Waals surface area contributed by atoms with Gasteiger partial charge >= 0.3 is 6.18 Å². The van der Waals surface area contributed by atoms with Gasteiger partial charge in [-0.1, -0.05) is 24.3 Å². The second-order valence-electron chi connectivity index (χ2n) is 6.36. The standard InChI is InChI=1S/C18H12F5N3OS/c19-13-6-5-10(7-14(13)20)17(8-26-16(28)24-9-25-26)15(27-17)11-3-1-2-4-12(11)18(21,22)23/h1-7,9,15H,8H2,(H,24,25,28)/t15-,17-/m0/s1. The third-order valence-corrected chi connectivity index (χ3v) is 4.99. The van der Waals surface area contributed by atoms with E-state index in [1.54, 1.807) is 0 Å². The molecule has 0 saturated carbocycles. The Balaban J connectivity index is 1.82. The van der Waals surface area contributed by atoms with E-state index in [2.05, 4.69) is 10.1 Å². The fourth-order valence-corrected chi connectivity index (χ4v) is 3.46. The number of benzene rings is 2. The molecule has 2 atom stereocenters. The van der Waals surface area contributed by atoms with Crippen LogP contribution in [0.4, 0.5) is 22.0 Å². The lowest BCUT2D eigenvalue weighted by atomic mass is 9.89. The predicted octanol–water partition coefficient (Wildman–Crippen LogP) is 4.90. The summed E-state index contributed by atoms with van der Waals surface area (Å²) in [5, 5.41) is 2.75. The van der Waals surface area contributed by atoms with E-state index >= 15 is 0 Å². The molecule has 0 spiro atoms. The second kappa shape index (κ2) is 6.49. The number of nitrogens with zero attached hydrogens (tertiary/aromatic N) is 2. The number of aromatic amines is 1. The maximum Gasteiger partial charge on any atom is 0.416 e. The fourth-order valence-electron chi connectivity index (χ4n) is 3.29. The van der Waals surface area contributed by atoms with Crippen LogP contribution < -0.4 is 0 Å². The summed E-state index contributed by atoms with van der Waals surface area (Å²) >= 11 is 5.07. The molecule has 4 rings (SSSR count). The lowest BCUT2D eigenvalue weighted by Crippen LogP contribution is -2.21. The summed E-state index contributed by atoms with van der Waals surface area (Å²) in [6.45, 7) is -0.0479. The molecule has 1 aliphatic rings. The van der Waals surface area contributed by atoms with Gasteiger partial charge < -0.3 is 4.74 Å². The van der Waals surface area contributed by atoms with Crippen LogP contribution in [0.5, 0.6) is 0 Å². The third kappa shape index (κ3) is 3.12. The van der Waals surface area contributed by atoms with Crippen molar-refractivity contribution in [1.29, 1.82) is 0 Å². The maximum absolute atomic E-state index is 13.8. The maximum atomic E-state index is 13.8. The average Bonchev–Trinajstić information content (AvgIpc) is 3.24. The van der Waals surface area contributed by atoms with Crippen LogP contribution in [0.2, 0.25) is 0 Å². The molecule has 0 aliphatic carbocycles. The van der Waals surface area contributed by atoms with Crippen LogP contribution in [0, 0.1) is 16.4 Å².